The van der Waals surface area contributed by atoms with Gasteiger partial charge in [0.2, 0.25) is 5.71 Å². The molecule has 1 aromatic carbocycles. The lowest BCUT2D eigenvalue weighted by Crippen LogP contribution is -2.36. The zero-order chi connectivity index (χ0) is 21.4. The van der Waals surface area contributed by atoms with Crippen LogP contribution in [0.3, 0.4) is 0 Å². The van der Waals surface area contributed by atoms with E-state index in [-0.39, 0.29) is 16.7 Å². The molecule has 1 aromatic heterocycles. The molecule has 150 valence electrons. The summed E-state index contributed by atoms with van der Waals surface area (Å²) in [5.41, 5.74) is 2.57. The second-order valence-corrected chi connectivity index (χ2v) is 6.41. The minimum atomic E-state index is -1.03. The Balaban J connectivity index is 2.14. The van der Waals surface area contributed by atoms with E-state index >= 15 is 0 Å². The van der Waals surface area contributed by atoms with Crippen LogP contribution in [0.2, 0.25) is 15.1 Å². The second-order valence-electron chi connectivity index (χ2n) is 5.16. The number of aromatic nitrogens is 1. The van der Waals surface area contributed by atoms with Crippen LogP contribution in [0, 0.1) is 11.3 Å². The summed E-state index contributed by atoms with van der Waals surface area (Å²) in [4.78, 5) is 27.2. The van der Waals surface area contributed by atoms with Gasteiger partial charge in [-0.3, -0.25) is 15.5 Å². The number of hydrogen-bond acceptors (Lipinski definition) is 8. The summed E-state index contributed by atoms with van der Waals surface area (Å²) in [5.74, 6) is -0.554. The number of benzene rings is 1. The Morgan fingerprint density at radius 2 is 1.93 bits per heavy atom. The molecule has 29 heavy (non-hydrogen) atoms. The molecule has 3 N–H and O–H groups in total. The Hall–Kier alpha value is -3.06. The summed E-state index contributed by atoms with van der Waals surface area (Å²) in [7, 11) is 0. The number of carbonyl (C=O) groups is 2. The van der Waals surface area contributed by atoms with Crippen molar-refractivity contribution in [3.8, 4) is 6.07 Å². The molecular formula is C17H13Cl3N6O3. The Labute approximate surface area is 180 Å². The summed E-state index contributed by atoms with van der Waals surface area (Å²) in [6, 6.07) is 7.79. The number of alkyl carbamates (subject to hydrolysis) is 1. The van der Waals surface area contributed by atoms with Crippen molar-refractivity contribution in [2.45, 2.75) is 6.92 Å². The van der Waals surface area contributed by atoms with E-state index in [1.807, 2.05) is 5.32 Å². The molecule has 0 aliphatic heterocycles. The second kappa shape index (κ2) is 10.5. The maximum Gasteiger partial charge on any atom is 0.414 e. The molecule has 0 unspecified atom stereocenters. The molecule has 0 radical (unpaired) electrons. The Bertz CT molecular complexity index is 966. The molecule has 0 saturated heterocycles. The smallest absolute Gasteiger partial charge is 0.414 e. The average Bonchev–Trinajstić information content (AvgIpc) is 2.66. The van der Waals surface area contributed by atoms with Crippen LogP contribution in [0.5, 0.6) is 0 Å². The van der Waals surface area contributed by atoms with Gasteiger partial charge in [0, 0.05) is 6.20 Å². The number of carbonyl (C=O) groups excluding carboxylic acids is 2. The Morgan fingerprint density at radius 3 is 2.48 bits per heavy atom. The summed E-state index contributed by atoms with van der Waals surface area (Å²) >= 11 is 18.3. The third-order valence-corrected chi connectivity index (χ3v) is 3.95. The topological polar surface area (TPSA) is 128 Å². The highest BCUT2D eigenvalue weighted by atomic mass is 35.5. The fourth-order valence-corrected chi connectivity index (χ4v) is 2.59. The number of imide groups is 1. The number of hydrazone groups is 1. The van der Waals surface area contributed by atoms with Crippen LogP contribution in [-0.4, -0.2) is 29.3 Å². The quantitative estimate of drug-likeness (QED) is 0.436. The fourth-order valence-electron chi connectivity index (χ4n) is 1.90. The van der Waals surface area contributed by atoms with Gasteiger partial charge in [0.1, 0.15) is 11.9 Å². The zero-order valence-corrected chi connectivity index (χ0v) is 17.1. The fraction of sp³-hybridized carbons (Fsp3) is 0.118. The number of rotatable bonds is 6. The monoisotopic (exact) mass is 454 g/mol. The lowest BCUT2D eigenvalue weighted by molar-refractivity contribution is -0.114. The van der Waals surface area contributed by atoms with Gasteiger partial charge in [0.25, 0.3) is 5.91 Å². The molecule has 12 heteroatoms. The van der Waals surface area contributed by atoms with E-state index in [9.17, 15) is 9.59 Å². The van der Waals surface area contributed by atoms with E-state index in [0.717, 1.165) is 0 Å². The number of nitrogens with one attached hydrogen (secondary N) is 3. The van der Waals surface area contributed by atoms with Crippen LogP contribution >= 0.6 is 34.8 Å². The molecule has 0 saturated carbocycles. The molecule has 0 aliphatic carbocycles. The minimum absolute atomic E-state index is 0.0688. The largest absolute Gasteiger partial charge is 0.450 e. The van der Waals surface area contributed by atoms with Gasteiger partial charge in [-0.2, -0.15) is 10.4 Å². The highest BCUT2D eigenvalue weighted by Gasteiger charge is 2.16. The van der Waals surface area contributed by atoms with E-state index in [1.165, 1.54) is 18.3 Å². The summed E-state index contributed by atoms with van der Waals surface area (Å²) in [6.07, 6.45) is 0.471. The molecule has 2 amide bonds. The number of pyridine rings is 1. The standard InChI is InChI=1S/C17H13Cl3N6O3/c1-2-29-17(28)24-16(27)13(7-21)26-25-10-5-11(19)15(12(20)6-10)23-14-4-3-9(18)8-22-14/h3-6,8,25H,2H2,1H3,(H,22,23)(H,24,27,28)/b26-13-. The van der Waals surface area contributed by atoms with Gasteiger partial charge in [-0.05, 0) is 31.2 Å². The first-order valence-corrected chi connectivity index (χ1v) is 9.07. The first kappa shape index (κ1) is 22.2. The lowest BCUT2D eigenvalue weighted by Gasteiger charge is -2.12. The number of halogens is 3. The lowest BCUT2D eigenvalue weighted by atomic mass is 10.2. The van der Waals surface area contributed by atoms with Crippen molar-refractivity contribution in [3.05, 3.63) is 45.5 Å². The Morgan fingerprint density at radius 1 is 1.24 bits per heavy atom. The van der Waals surface area contributed by atoms with Crippen LogP contribution in [0.4, 0.5) is 22.0 Å². The van der Waals surface area contributed by atoms with Gasteiger partial charge in [-0.1, -0.05) is 34.8 Å². The van der Waals surface area contributed by atoms with E-state index in [1.54, 1.807) is 25.1 Å². The van der Waals surface area contributed by atoms with Gasteiger partial charge in [-0.25, -0.2) is 9.78 Å². The molecule has 2 rings (SSSR count). The van der Waals surface area contributed by atoms with Crippen LogP contribution in [0.15, 0.2) is 35.6 Å². The summed E-state index contributed by atoms with van der Waals surface area (Å²) in [5, 5.41) is 18.4. The summed E-state index contributed by atoms with van der Waals surface area (Å²) in [6.45, 7) is 1.64. The van der Waals surface area contributed by atoms with E-state index in [4.69, 9.17) is 40.1 Å². The molecule has 2 aromatic rings. The zero-order valence-electron chi connectivity index (χ0n) is 14.8. The molecule has 9 nitrogen and oxygen atoms in total. The van der Waals surface area contributed by atoms with Gasteiger partial charge in [-0.15, -0.1) is 0 Å². The SMILES string of the molecule is CCOC(=O)NC(=O)/C(C#N)=N\Nc1cc(Cl)c(Nc2ccc(Cl)cn2)c(Cl)c1. The molecular weight excluding hydrogens is 443 g/mol. The predicted molar refractivity (Wildman–Crippen MR) is 111 cm³/mol. The van der Waals surface area contributed by atoms with Crippen molar-refractivity contribution in [2.75, 3.05) is 17.3 Å². The van der Waals surface area contributed by atoms with Crippen molar-refractivity contribution >= 4 is 69.7 Å². The van der Waals surface area contributed by atoms with Crippen molar-refractivity contribution in [1.29, 1.82) is 5.26 Å². The predicted octanol–water partition coefficient (Wildman–Crippen LogP) is 4.35. The van der Waals surface area contributed by atoms with Gasteiger partial charge in [0.15, 0.2) is 0 Å². The maximum absolute atomic E-state index is 11.8. The first-order valence-electron chi connectivity index (χ1n) is 7.93. The Kier molecular flexibility index (Phi) is 8.03. The number of hydrogen-bond donors (Lipinski definition) is 3. The number of amides is 2. The van der Waals surface area contributed by atoms with Gasteiger partial charge >= 0.3 is 6.09 Å². The molecule has 0 fully saturated rings. The molecule has 0 aliphatic rings. The third-order valence-electron chi connectivity index (χ3n) is 3.13. The molecule has 0 atom stereocenters. The highest BCUT2D eigenvalue weighted by molar-refractivity contribution is 6.47. The number of ether oxygens (including phenoxy) is 1. The molecule has 1 heterocycles. The van der Waals surface area contributed by atoms with Crippen molar-refractivity contribution in [2.24, 2.45) is 5.10 Å². The average molecular weight is 456 g/mol. The highest BCUT2D eigenvalue weighted by Crippen LogP contribution is 2.35. The molecule has 0 bridgehead atoms. The summed E-state index contributed by atoms with van der Waals surface area (Å²) < 4.78 is 4.56. The number of nitriles is 1. The van der Waals surface area contributed by atoms with E-state index in [0.29, 0.717) is 22.2 Å². The number of anilines is 3. The van der Waals surface area contributed by atoms with Crippen molar-refractivity contribution in [3.63, 3.8) is 0 Å². The van der Waals surface area contributed by atoms with E-state index < -0.39 is 17.7 Å². The first-order chi connectivity index (χ1) is 13.8. The third kappa shape index (κ3) is 6.50. The molecule has 0 spiro atoms. The van der Waals surface area contributed by atoms with Gasteiger partial charge < -0.3 is 10.1 Å². The normalized spacial score (nSPS) is 10.7. The van der Waals surface area contributed by atoms with Crippen LogP contribution < -0.4 is 16.1 Å². The van der Waals surface area contributed by atoms with Gasteiger partial charge in [0.05, 0.1) is 33.0 Å². The van der Waals surface area contributed by atoms with Crippen LogP contribution in [0.1, 0.15) is 6.92 Å². The number of nitrogens with zero attached hydrogens (tertiary/aromatic N) is 3. The minimum Gasteiger partial charge on any atom is -0.450 e. The van der Waals surface area contributed by atoms with E-state index in [2.05, 4.69) is 25.6 Å². The van der Waals surface area contributed by atoms with Crippen molar-refractivity contribution < 1.29 is 14.3 Å². The van der Waals surface area contributed by atoms with Crippen molar-refractivity contribution in [1.82, 2.24) is 10.3 Å². The van der Waals surface area contributed by atoms with Crippen LogP contribution in [0.25, 0.3) is 0 Å². The van der Waals surface area contributed by atoms with Crippen LogP contribution in [-0.2, 0) is 9.53 Å². The maximum atomic E-state index is 11.8.